The first-order chi connectivity index (χ1) is 26.8. The summed E-state index contributed by atoms with van der Waals surface area (Å²) in [7, 11) is -16.7. The molecule has 12 N–H and O–H groups in total. The number of hydrogen-bond acceptors (Lipinski definition) is 20. The van der Waals surface area contributed by atoms with Crippen LogP contribution in [0.3, 0.4) is 0 Å². The van der Waals surface area contributed by atoms with E-state index in [2.05, 4.69) is 34.4 Å². The largest absolute Gasteiger partial charge is 0.481 e. The van der Waals surface area contributed by atoms with E-state index in [0.29, 0.717) is 0 Å². The number of nitrogens with one attached hydrogen (secondary N) is 2. The van der Waals surface area contributed by atoms with Crippen molar-refractivity contribution in [2.24, 2.45) is 5.41 Å². The number of ether oxygens (including phenoxy) is 1. The number of carbonyl (C=O) groups is 4. The molecule has 3 rings (SSSR count). The van der Waals surface area contributed by atoms with Crippen molar-refractivity contribution < 1.29 is 95.5 Å². The highest BCUT2D eigenvalue weighted by Gasteiger charge is 2.59. The number of aliphatic carboxylic acids is 1. The topological polar surface area (TPSA) is 421 Å². The molecule has 2 amide bonds. The number of amides is 2. The van der Waals surface area contributed by atoms with Gasteiger partial charge in [0, 0.05) is 43.5 Å². The zero-order valence-electron chi connectivity index (χ0n) is 30.6. The van der Waals surface area contributed by atoms with E-state index in [1.807, 2.05) is 0 Å². The number of nitrogens with two attached hydrogens (primary N) is 1. The van der Waals surface area contributed by atoms with Gasteiger partial charge in [-0.15, -0.1) is 0 Å². The lowest BCUT2D eigenvalue weighted by Crippen LogP contribution is -2.48. The second-order valence-electron chi connectivity index (χ2n) is 13.0. The summed E-state index contributed by atoms with van der Waals surface area (Å²) in [5.74, 6) is -2.46. The van der Waals surface area contributed by atoms with Crippen molar-refractivity contribution in [3.8, 4) is 0 Å². The third kappa shape index (κ3) is 14.0. The number of imidazole rings is 1. The van der Waals surface area contributed by atoms with Crippen LogP contribution in [-0.4, -0.2) is 145 Å². The summed E-state index contributed by atoms with van der Waals surface area (Å²) in [4.78, 5) is 97.9. The zero-order valence-corrected chi connectivity index (χ0v) is 34.1. The Morgan fingerprint density at radius 1 is 1.03 bits per heavy atom. The molecule has 328 valence electrons. The molecule has 0 bridgehead atoms. The first kappa shape index (κ1) is 49.4. The molecule has 0 aliphatic carbocycles. The van der Waals surface area contributed by atoms with E-state index in [1.165, 1.54) is 13.8 Å². The van der Waals surface area contributed by atoms with Crippen LogP contribution >= 0.6 is 35.2 Å². The highest BCUT2D eigenvalue weighted by molar-refractivity contribution is 8.13. The molecule has 2 aromatic rings. The smallest absolute Gasteiger partial charge is 0.481 e. The fourth-order valence-electron chi connectivity index (χ4n) is 5.13. The van der Waals surface area contributed by atoms with Crippen LogP contribution in [0.5, 0.6) is 0 Å². The summed E-state index contributed by atoms with van der Waals surface area (Å²) in [6.07, 6.45) is -6.29. The van der Waals surface area contributed by atoms with Crippen molar-refractivity contribution in [1.29, 1.82) is 0 Å². The summed E-state index contributed by atoms with van der Waals surface area (Å²) in [6, 6.07) is 0. The van der Waals surface area contributed by atoms with Crippen molar-refractivity contribution in [2.45, 2.75) is 69.7 Å². The number of carboxylic acid groups (broad SMARTS) is 1. The van der Waals surface area contributed by atoms with Gasteiger partial charge in [-0.1, -0.05) is 25.6 Å². The molecule has 31 heteroatoms. The number of aliphatic hydroxyl groups is 3. The molecule has 27 nitrogen and oxygen atoms in total. The molecule has 2 aromatic heterocycles. The van der Waals surface area contributed by atoms with Gasteiger partial charge < -0.3 is 61.1 Å². The molecule has 3 heterocycles. The second kappa shape index (κ2) is 20.5. The van der Waals surface area contributed by atoms with E-state index in [1.54, 1.807) is 0 Å². The molecule has 1 saturated heterocycles. The zero-order chi connectivity index (χ0) is 43.7. The van der Waals surface area contributed by atoms with Crippen molar-refractivity contribution >= 4 is 75.1 Å². The highest BCUT2D eigenvalue weighted by Crippen LogP contribution is 2.61. The van der Waals surface area contributed by atoms with Gasteiger partial charge in [0.1, 0.15) is 36.3 Å². The molecule has 1 fully saturated rings. The summed E-state index contributed by atoms with van der Waals surface area (Å²) in [5, 5.41) is 45.2. The Morgan fingerprint density at radius 2 is 1.71 bits per heavy atom. The number of nitrogens with zero attached hydrogens (tertiary/aromatic N) is 4. The number of rotatable bonds is 24. The quantitative estimate of drug-likeness (QED) is 0.0403. The average molecular weight is 912 g/mol. The Morgan fingerprint density at radius 3 is 2.34 bits per heavy atom. The summed E-state index contributed by atoms with van der Waals surface area (Å²) < 4.78 is 62.2. The lowest BCUT2D eigenvalue weighted by molar-refractivity contribution is -0.169. The summed E-state index contributed by atoms with van der Waals surface area (Å²) in [6.45, 7) is -1.08. The SMILES string of the molecule is CC(C)(COP(=O)(O)OP(=O)(O)OC[C@H]1O[C@@](CO)(n2cnc3c(N)ncnc32)[C@H](O)[C@@H]1OP(=O)(O)O)[C@@H](O)C(=O)NCCC(=O)NCCSC(=O)CCCC(=O)O. The van der Waals surface area contributed by atoms with Gasteiger partial charge in [-0.3, -0.25) is 37.3 Å². The third-order valence-electron chi connectivity index (χ3n) is 8.06. The molecule has 0 radical (unpaired) electrons. The number of phosphoric ester groups is 3. The standard InChI is InChI=1S/C27H44N7O20P3S/c1-26(2,22(41)25(42)30-7-6-16(36)29-8-9-58-18(39)5-3-4-17(37)38)12-51-57(48,49)54-56(46,47)50-10-15-20(53-55(43,44)45)21(40)27(11-35,52-15)34-14-33-19-23(28)31-13-32-24(19)34/h13-15,20-22,35,40-41H,3-12H2,1-2H3,(H,29,36)(H,30,42)(H,37,38)(H,46,47)(H,48,49)(H2,28,31,32)(H2,43,44,45)/t15-,20-,21-,22+,27-/m1/s1. The molecule has 2 unspecified atom stereocenters. The van der Waals surface area contributed by atoms with E-state index in [9.17, 15) is 67.8 Å². The first-order valence-corrected chi connectivity index (χ1v) is 22.2. The Bertz CT molecular complexity index is 1930. The van der Waals surface area contributed by atoms with E-state index in [-0.39, 0.29) is 66.6 Å². The fraction of sp³-hybridized carbons (Fsp3) is 0.667. The normalized spacial score (nSPS) is 22.5. The average Bonchev–Trinajstić information content (AvgIpc) is 3.67. The Balaban J connectivity index is 1.53. The highest BCUT2D eigenvalue weighted by atomic mass is 32.2. The maximum atomic E-state index is 12.8. The van der Waals surface area contributed by atoms with Crippen LogP contribution < -0.4 is 16.4 Å². The molecule has 1 aliphatic heterocycles. The van der Waals surface area contributed by atoms with Gasteiger partial charge in [0.05, 0.1) is 26.1 Å². The number of aliphatic hydroxyl groups excluding tert-OH is 3. The molecule has 7 atom stereocenters. The minimum absolute atomic E-state index is 0.0330. The number of thioether (sulfide) groups is 1. The fourth-order valence-corrected chi connectivity index (χ4v) is 8.67. The van der Waals surface area contributed by atoms with E-state index >= 15 is 0 Å². The first-order valence-electron chi connectivity index (χ1n) is 16.7. The minimum Gasteiger partial charge on any atom is -0.481 e. The van der Waals surface area contributed by atoms with Crippen molar-refractivity contribution in [2.75, 3.05) is 44.4 Å². The van der Waals surface area contributed by atoms with E-state index in [0.717, 1.165) is 29.0 Å². The predicted molar refractivity (Wildman–Crippen MR) is 195 cm³/mol. The van der Waals surface area contributed by atoms with Gasteiger partial charge in [-0.2, -0.15) is 4.31 Å². The van der Waals surface area contributed by atoms with E-state index in [4.69, 9.17) is 24.6 Å². The van der Waals surface area contributed by atoms with Gasteiger partial charge in [0.25, 0.3) is 0 Å². The lowest BCUT2D eigenvalue weighted by Gasteiger charge is -2.32. The van der Waals surface area contributed by atoms with Gasteiger partial charge in [-0.25, -0.2) is 28.6 Å². The number of nitrogen functional groups attached to an aromatic ring is 1. The number of hydrogen-bond donors (Lipinski definition) is 11. The number of aromatic nitrogens is 4. The number of carboxylic acids is 1. The van der Waals surface area contributed by atoms with Crippen molar-refractivity contribution in [1.82, 2.24) is 30.2 Å². The summed E-state index contributed by atoms with van der Waals surface area (Å²) >= 11 is 0.922. The lowest BCUT2D eigenvalue weighted by atomic mass is 9.87. The number of fused-ring (bicyclic) bond motifs is 1. The van der Waals surface area contributed by atoms with Crippen LogP contribution in [-0.2, 0) is 61.2 Å². The van der Waals surface area contributed by atoms with Crippen LogP contribution in [0.15, 0.2) is 12.7 Å². The monoisotopic (exact) mass is 911 g/mol. The molecular formula is C27H44N7O20P3S. The van der Waals surface area contributed by atoms with E-state index < -0.39 is 96.6 Å². The van der Waals surface area contributed by atoms with Gasteiger partial charge >= 0.3 is 29.4 Å². The Hall–Kier alpha value is -3.01. The van der Waals surface area contributed by atoms with Gasteiger partial charge in [-0.05, 0) is 6.42 Å². The van der Waals surface area contributed by atoms with Crippen LogP contribution in [0.25, 0.3) is 11.2 Å². The van der Waals surface area contributed by atoms with Crippen molar-refractivity contribution in [3.63, 3.8) is 0 Å². The summed E-state index contributed by atoms with van der Waals surface area (Å²) in [5.41, 5.74) is 1.55. The maximum Gasteiger partial charge on any atom is 0.481 e. The minimum atomic E-state index is -5.68. The molecule has 1 aliphatic rings. The molecule has 58 heavy (non-hydrogen) atoms. The number of phosphoric acid groups is 3. The maximum absolute atomic E-state index is 12.8. The molecule has 0 aromatic carbocycles. The van der Waals surface area contributed by atoms with Crippen LogP contribution in [0.2, 0.25) is 0 Å². The predicted octanol–water partition coefficient (Wildman–Crippen LogP) is -1.93. The van der Waals surface area contributed by atoms with Crippen LogP contribution in [0.4, 0.5) is 5.82 Å². The number of carbonyl (C=O) groups excluding carboxylic acids is 3. The molecular weight excluding hydrogens is 867 g/mol. The molecule has 0 spiro atoms. The van der Waals surface area contributed by atoms with Crippen LogP contribution in [0.1, 0.15) is 39.5 Å². The number of anilines is 1. The van der Waals surface area contributed by atoms with Gasteiger partial charge in [0.15, 0.2) is 22.3 Å². The third-order valence-corrected chi connectivity index (χ3v) is 12.1. The Labute approximate surface area is 332 Å². The molecule has 0 saturated carbocycles. The Kier molecular flexibility index (Phi) is 17.4. The van der Waals surface area contributed by atoms with Crippen LogP contribution in [0, 0.1) is 5.41 Å². The van der Waals surface area contributed by atoms with Gasteiger partial charge in [0.2, 0.25) is 11.8 Å². The van der Waals surface area contributed by atoms with Crippen molar-refractivity contribution in [3.05, 3.63) is 12.7 Å². The second-order valence-corrected chi connectivity index (χ2v) is 18.4.